The second kappa shape index (κ2) is 14.3. The molecule has 0 amide bonds. The molecular weight excluding hydrogens is 801 g/mol. The monoisotopic (exact) mass is 868 g/mol. The molecule has 0 atom stereocenters. The molecule has 17 rings (SSSR count). The molecule has 4 heteroatoms. The Labute approximate surface area is 404 Å². The lowest BCUT2D eigenvalue weighted by Crippen LogP contribution is -2.57. The predicted octanol–water partition coefficient (Wildman–Crippen LogP) is 14.2. The van der Waals surface area contributed by atoms with E-state index in [2.05, 4.69) is 84.9 Å². The van der Waals surface area contributed by atoms with Gasteiger partial charge in [-0.2, -0.15) is 0 Å². The van der Waals surface area contributed by atoms with Gasteiger partial charge in [-0.25, -0.2) is 0 Å². The van der Waals surface area contributed by atoms with Gasteiger partial charge < -0.3 is 14.4 Å². The van der Waals surface area contributed by atoms with Gasteiger partial charge in [-0.3, -0.25) is 0 Å². The molecular formula is C62H56BNO2. The zero-order valence-electron chi connectivity index (χ0n) is 47.0. The fourth-order valence-electron chi connectivity index (χ4n) is 16.0. The van der Waals surface area contributed by atoms with Crippen LogP contribution >= 0.6 is 0 Å². The van der Waals surface area contributed by atoms with Crippen LogP contribution in [-0.2, 0) is 10.8 Å². The van der Waals surface area contributed by atoms with E-state index in [-0.39, 0.29) is 34.6 Å². The maximum atomic E-state index is 9.22. The summed E-state index contributed by atoms with van der Waals surface area (Å²) in [6.07, 6.45) is 15.8. The van der Waals surface area contributed by atoms with Crippen LogP contribution in [0, 0.1) is 35.5 Å². The summed E-state index contributed by atoms with van der Waals surface area (Å²) in [7, 11) is 0. The van der Waals surface area contributed by atoms with E-state index in [0.29, 0.717) is 23.0 Å². The Hall–Kier alpha value is -6.00. The van der Waals surface area contributed by atoms with E-state index in [1.807, 2.05) is 0 Å². The number of hydrogen-bond acceptors (Lipinski definition) is 3. The molecule has 7 aromatic carbocycles. The molecule has 2 aliphatic heterocycles. The summed E-state index contributed by atoms with van der Waals surface area (Å²) >= 11 is 0. The number of para-hydroxylation sites is 2. The number of fused-ring (bicyclic) bond motifs is 4. The number of benzene rings is 7. The minimum atomic E-state index is -0.636. The Morgan fingerprint density at radius 3 is 1.23 bits per heavy atom. The molecule has 8 bridgehead atoms. The van der Waals surface area contributed by atoms with Gasteiger partial charge >= 0.3 is 0 Å². The number of ether oxygens (including phenoxy) is 2. The Bertz CT molecular complexity index is 3330. The van der Waals surface area contributed by atoms with Gasteiger partial charge in [0.1, 0.15) is 23.0 Å². The molecule has 8 aliphatic carbocycles. The van der Waals surface area contributed by atoms with Crippen molar-refractivity contribution in [3.05, 3.63) is 169 Å². The molecule has 0 spiro atoms. The minimum absolute atomic E-state index is 0.121. The number of anilines is 3. The van der Waals surface area contributed by atoms with Gasteiger partial charge in [0.2, 0.25) is 0 Å². The van der Waals surface area contributed by atoms with Crippen molar-refractivity contribution in [1.82, 2.24) is 0 Å². The third-order valence-corrected chi connectivity index (χ3v) is 17.8. The molecule has 0 unspecified atom stereocenters. The minimum Gasteiger partial charge on any atom is -0.458 e. The van der Waals surface area contributed by atoms with Gasteiger partial charge in [-0.15, -0.1) is 0 Å². The van der Waals surface area contributed by atoms with E-state index >= 15 is 0 Å². The van der Waals surface area contributed by atoms with Crippen LogP contribution in [0.4, 0.5) is 17.1 Å². The molecule has 0 aromatic heterocycles. The van der Waals surface area contributed by atoms with Gasteiger partial charge in [0, 0.05) is 29.0 Å². The topological polar surface area (TPSA) is 21.7 Å². The highest BCUT2D eigenvalue weighted by Crippen LogP contribution is 2.62. The van der Waals surface area contributed by atoms with Crippen molar-refractivity contribution in [3.8, 4) is 45.3 Å². The maximum absolute atomic E-state index is 9.22. The Morgan fingerprint density at radius 1 is 0.424 bits per heavy atom. The summed E-state index contributed by atoms with van der Waals surface area (Å²) in [4.78, 5) is 1.18. The van der Waals surface area contributed by atoms with Crippen molar-refractivity contribution in [2.75, 3.05) is 4.90 Å². The molecule has 0 radical (unpaired) electrons. The van der Waals surface area contributed by atoms with E-state index in [9.17, 15) is 5.48 Å². The van der Waals surface area contributed by atoms with Gasteiger partial charge in [-0.1, -0.05) is 109 Å². The number of nitrogens with zero attached hydrogens (tertiary/aromatic N) is 1. The van der Waals surface area contributed by atoms with E-state index in [0.717, 1.165) is 74.1 Å². The summed E-state index contributed by atoms with van der Waals surface area (Å²) in [6.45, 7) is -0.374. The lowest BCUT2D eigenvalue weighted by atomic mass is 9.34. The van der Waals surface area contributed by atoms with Crippen molar-refractivity contribution in [3.63, 3.8) is 0 Å². The summed E-state index contributed by atoms with van der Waals surface area (Å²) in [5.41, 5.74) is 9.48. The van der Waals surface area contributed by atoms with Crippen LogP contribution in [0.25, 0.3) is 22.3 Å². The molecule has 7 aromatic rings. The number of hydrogen-bond donors (Lipinski definition) is 0. The lowest BCUT2D eigenvalue weighted by Gasteiger charge is -2.57. The van der Waals surface area contributed by atoms with E-state index in [4.69, 9.17) is 17.7 Å². The molecule has 0 N–H and O–H groups in total. The smallest absolute Gasteiger partial charge is 0.260 e. The third-order valence-electron chi connectivity index (χ3n) is 17.8. The SMILES string of the molecule is [2H]c1c([2H])c([2H])c(N(c2cc3c4c(c2)Oc2cc(-c5cccc(C67CC8CC(CC(C8)C6)C7)c5)ccc2B4c2ccc(-c4cccc(C56CC7CC(CC(C7)C5)C6)c4)cc2O3)c2c([2H])c([2H])c([2H])c([2H])c2[2H])c([2H])c1[2H]. The van der Waals surface area contributed by atoms with Crippen molar-refractivity contribution in [1.29, 1.82) is 0 Å². The molecule has 10 aliphatic rings. The van der Waals surface area contributed by atoms with Crippen LogP contribution in [-0.4, -0.2) is 6.71 Å². The van der Waals surface area contributed by atoms with Crippen LogP contribution < -0.4 is 30.8 Å². The summed E-state index contributed by atoms with van der Waals surface area (Å²) < 4.78 is 103. The zero-order chi connectivity index (χ0) is 51.8. The van der Waals surface area contributed by atoms with Crippen LogP contribution in [0.1, 0.15) is 102 Å². The highest BCUT2D eigenvalue weighted by Gasteiger charge is 2.53. The van der Waals surface area contributed by atoms with Crippen LogP contribution in [0.15, 0.2) is 157 Å². The molecule has 8 fully saturated rings. The van der Waals surface area contributed by atoms with Gasteiger partial charge in [0.15, 0.2) is 0 Å². The average molecular weight is 868 g/mol. The quantitative estimate of drug-likeness (QED) is 0.149. The fourth-order valence-corrected chi connectivity index (χ4v) is 16.0. The van der Waals surface area contributed by atoms with Gasteiger partial charge in [0.25, 0.3) is 6.71 Å². The van der Waals surface area contributed by atoms with E-state index in [1.54, 1.807) is 12.1 Å². The standard InChI is InChI=1S/C62H56BNO2/c1-3-13-51(14-4-1)64(52-15-5-2-6-16-52)53-31-58-60-59(32-53)66-57-30-48(46-10-8-12-50(28-46)62-36-42-24-43(37-62)26-44(25-42)38-62)18-20-55(57)63(60)54-19-17-47(29-56(54)65-58)45-9-7-11-49(27-45)61-33-39-21-40(34-61)23-41(22-39)35-61/h1-20,27-32,39-44H,21-26,33-38H2/i1D,2D,3D,4D,5D,6D,13D,14D,15D,16D. The molecule has 3 nitrogen and oxygen atoms in total. The Morgan fingerprint density at radius 2 is 0.818 bits per heavy atom. The van der Waals surface area contributed by atoms with E-state index < -0.39 is 60.4 Å². The van der Waals surface area contributed by atoms with Crippen LogP contribution in [0.3, 0.4) is 0 Å². The normalized spacial score (nSPS) is 30.9. The second-order valence-corrected chi connectivity index (χ2v) is 21.8. The van der Waals surface area contributed by atoms with Gasteiger partial charge in [0.05, 0.1) is 19.4 Å². The first-order valence-electron chi connectivity index (χ1n) is 29.6. The molecule has 0 saturated heterocycles. The first kappa shape index (κ1) is 29.6. The van der Waals surface area contributed by atoms with Crippen LogP contribution in [0.2, 0.25) is 0 Å². The first-order chi connectivity index (χ1) is 36.6. The summed E-state index contributed by atoms with van der Waals surface area (Å²) in [5, 5.41) is 0. The largest absolute Gasteiger partial charge is 0.458 e. The van der Waals surface area contributed by atoms with Crippen LogP contribution in [0.5, 0.6) is 23.0 Å². The van der Waals surface area contributed by atoms with Crippen molar-refractivity contribution in [2.45, 2.75) is 87.9 Å². The van der Waals surface area contributed by atoms with E-state index in [1.165, 1.54) is 93.1 Å². The fraction of sp³-hybridized carbons (Fsp3) is 0.323. The lowest BCUT2D eigenvalue weighted by molar-refractivity contribution is -0.00528. The zero-order valence-corrected chi connectivity index (χ0v) is 37.0. The highest BCUT2D eigenvalue weighted by atomic mass is 16.5. The number of rotatable bonds is 7. The summed E-state index contributed by atoms with van der Waals surface area (Å²) in [6, 6.07) is 28.3. The highest BCUT2D eigenvalue weighted by molar-refractivity contribution is 6.98. The predicted molar refractivity (Wildman–Crippen MR) is 269 cm³/mol. The molecule has 324 valence electrons. The van der Waals surface area contributed by atoms with Crippen molar-refractivity contribution < 1.29 is 23.2 Å². The second-order valence-electron chi connectivity index (χ2n) is 21.8. The average Bonchev–Trinajstić information content (AvgIpc) is 3.53. The molecule has 66 heavy (non-hydrogen) atoms. The van der Waals surface area contributed by atoms with Gasteiger partial charge in [-0.05, 0) is 204 Å². The maximum Gasteiger partial charge on any atom is 0.260 e. The molecule has 2 heterocycles. The first-order valence-corrected chi connectivity index (χ1v) is 24.6. The van der Waals surface area contributed by atoms with Crippen molar-refractivity contribution in [2.24, 2.45) is 35.5 Å². The molecule has 8 saturated carbocycles. The van der Waals surface area contributed by atoms with Crippen molar-refractivity contribution >= 4 is 40.2 Å². The third kappa shape index (κ3) is 5.95. The Kier molecular flexibility index (Phi) is 6.39. The Balaban J connectivity index is 0.899. The summed E-state index contributed by atoms with van der Waals surface area (Å²) in [5.74, 6) is 6.86.